The number of H-pyrrole nitrogens is 1. The van der Waals surface area contributed by atoms with E-state index in [1.807, 2.05) is 25.1 Å². The first-order valence-electron chi connectivity index (χ1n) is 9.37. The van der Waals surface area contributed by atoms with Gasteiger partial charge in [0.1, 0.15) is 0 Å². The number of aromatic amines is 1. The Morgan fingerprint density at radius 1 is 1.31 bits per heavy atom. The van der Waals surface area contributed by atoms with Gasteiger partial charge in [-0.2, -0.15) is 4.98 Å². The zero-order valence-corrected chi connectivity index (χ0v) is 16.1. The van der Waals surface area contributed by atoms with Gasteiger partial charge in [-0.05, 0) is 25.0 Å². The van der Waals surface area contributed by atoms with Gasteiger partial charge in [0.05, 0.1) is 30.6 Å². The number of imidazole rings is 1. The number of hydrogen-bond acceptors (Lipinski definition) is 6. The molecule has 0 aliphatic heterocycles. The van der Waals surface area contributed by atoms with Crippen LogP contribution in [0.25, 0.3) is 16.9 Å². The fourth-order valence-corrected chi connectivity index (χ4v) is 3.54. The molecule has 2 N–H and O–H groups in total. The highest BCUT2D eigenvalue weighted by Gasteiger charge is 2.25. The van der Waals surface area contributed by atoms with Crippen LogP contribution in [0.5, 0.6) is 5.88 Å². The SMILES string of the molecule is CCNC(=O)Cc1ccc2c(c1)Cc1c-2[nH]c(=O)c2nc(OC(=O)OCC)cn12. The molecule has 9 nitrogen and oxygen atoms in total. The van der Waals surface area contributed by atoms with Crippen LogP contribution >= 0.6 is 0 Å². The van der Waals surface area contributed by atoms with E-state index in [-0.39, 0.29) is 29.6 Å². The lowest BCUT2D eigenvalue weighted by atomic mass is 10.0. The van der Waals surface area contributed by atoms with Gasteiger partial charge in [-0.3, -0.25) is 14.0 Å². The summed E-state index contributed by atoms with van der Waals surface area (Å²) < 4.78 is 11.4. The number of benzene rings is 1. The molecule has 1 aliphatic carbocycles. The smallest absolute Gasteiger partial charge is 0.434 e. The summed E-state index contributed by atoms with van der Waals surface area (Å²) in [5.41, 5.74) is 4.09. The summed E-state index contributed by atoms with van der Waals surface area (Å²) in [7, 11) is 0. The highest BCUT2D eigenvalue weighted by atomic mass is 16.7. The lowest BCUT2D eigenvalue weighted by molar-refractivity contribution is -0.120. The van der Waals surface area contributed by atoms with Crippen LogP contribution in [-0.4, -0.2) is 39.6 Å². The molecule has 2 heterocycles. The van der Waals surface area contributed by atoms with Crippen LogP contribution in [0.3, 0.4) is 0 Å². The quantitative estimate of drug-likeness (QED) is 0.497. The summed E-state index contributed by atoms with van der Waals surface area (Å²) in [5, 5.41) is 2.79. The van der Waals surface area contributed by atoms with Crippen molar-refractivity contribution in [3.63, 3.8) is 0 Å². The summed E-state index contributed by atoms with van der Waals surface area (Å²) in [6, 6.07) is 5.76. The van der Waals surface area contributed by atoms with E-state index in [9.17, 15) is 14.4 Å². The van der Waals surface area contributed by atoms with Gasteiger partial charge in [0.25, 0.3) is 5.56 Å². The monoisotopic (exact) mass is 396 g/mol. The second-order valence-corrected chi connectivity index (χ2v) is 6.63. The maximum atomic E-state index is 12.5. The molecule has 3 aromatic rings. The molecular weight excluding hydrogens is 376 g/mol. The highest BCUT2D eigenvalue weighted by molar-refractivity contribution is 5.80. The van der Waals surface area contributed by atoms with Gasteiger partial charge in [-0.25, -0.2) is 4.79 Å². The van der Waals surface area contributed by atoms with E-state index < -0.39 is 6.16 Å². The predicted molar refractivity (Wildman–Crippen MR) is 104 cm³/mol. The van der Waals surface area contributed by atoms with E-state index in [1.54, 1.807) is 11.3 Å². The van der Waals surface area contributed by atoms with Gasteiger partial charge in [0.2, 0.25) is 17.4 Å². The molecule has 29 heavy (non-hydrogen) atoms. The molecule has 0 unspecified atom stereocenters. The van der Waals surface area contributed by atoms with Crippen LogP contribution in [-0.2, 0) is 22.4 Å². The topological polar surface area (TPSA) is 115 Å². The molecule has 1 amide bonds. The summed E-state index contributed by atoms with van der Waals surface area (Å²) in [6.07, 6.45) is 1.48. The third-order valence-corrected chi connectivity index (χ3v) is 4.69. The van der Waals surface area contributed by atoms with Crippen LogP contribution < -0.4 is 15.6 Å². The van der Waals surface area contributed by atoms with Crippen molar-refractivity contribution in [3.8, 4) is 17.1 Å². The van der Waals surface area contributed by atoms with Crippen LogP contribution in [0.4, 0.5) is 4.79 Å². The summed E-state index contributed by atoms with van der Waals surface area (Å²) in [5.74, 6) is -0.0376. The molecule has 0 radical (unpaired) electrons. The number of fused-ring (bicyclic) bond motifs is 5. The molecule has 1 aromatic carbocycles. The molecule has 0 atom stereocenters. The van der Waals surface area contributed by atoms with Crippen molar-refractivity contribution in [1.82, 2.24) is 19.7 Å². The summed E-state index contributed by atoms with van der Waals surface area (Å²) in [4.78, 5) is 42.9. The minimum absolute atomic E-state index is 0.00441. The fourth-order valence-electron chi connectivity index (χ4n) is 3.54. The number of carbonyl (C=O) groups is 2. The van der Waals surface area contributed by atoms with Crippen LogP contribution in [0.1, 0.15) is 30.7 Å². The van der Waals surface area contributed by atoms with E-state index in [0.717, 1.165) is 22.4 Å². The number of amides is 1. The Balaban J connectivity index is 1.69. The Morgan fingerprint density at radius 3 is 2.90 bits per heavy atom. The fraction of sp³-hybridized carbons (Fsp3) is 0.300. The number of aromatic nitrogens is 3. The zero-order valence-electron chi connectivity index (χ0n) is 16.1. The number of carbonyl (C=O) groups excluding carboxylic acids is 2. The average Bonchev–Trinajstić information content (AvgIpc) is 3.23. The largest absolute Gasteiger partial charge is 0.515 e. The number of ether oxygens (including phenoxy) is 2. The van der Waals surface area contributed by atoms with Crippen LogP contribution in [0.2, 0.25) is 0 Å². The van der Waals surface area contributed by atoms with Crippen molar-refractivity contribution in [2.24, 2.45) is 0 Å². The van der Waals surface area contributed by atoms with Crippen LogP contribution in [0, 0.1) is 0 Å². The number of nitrogens with zero attached hydrogens (tertiary/aromatic N) is 2. The Bertz CT molecular complexity index is 1180. The van der Waals surface area contributed by atoms with Gasteiger partial charge in [-0.15, -0.1) is 0 Å². The molecule has 4 rings (SSSR count). The van der Waals surface area contributed by atoms with Crippen molar-refractivity contribution in [2.75, 3.05) is 13.2 Å². The number of likely N-dealkylation sites (N-methyl/N-ethyl adjacent to an activating group) is 1. The van der Waals surface area contributed by atoms with Gasteiger partial charge in [-0.1, -0.05) is 18.2 Å². The molecule has 2 aromatic heterocycles. The zero-order chi connectivity index (χ0) is 20.5. The lowest BCUT2D eigenvalue weighted by Gasteiger charge is -2.05. The van der Waals surface area contributed by atoms with Gasteiger partial charge >= 0.3 is 6.16 Å². The third-order valence-electron chi connectivity index (χ3n) is 4.69. The Labute approximate surface area is 165 Å². The van der Waals surface area contributed by atoms with E-state index in [2.05, 4.69) is 15.3 Å². The molecule has 0 fully saturated rings. The van der Waals surface area contributed by atoms with E-state index in [1.165, 1.54) is 6.20 Å². The molecule has 0 spiro atoms. The Morgan fingerprint density at radius 2 is 2.14 bits per heavy atom. The van der Waals surface area contributed by atoms with Crippen molar-refractivity contribution in [2.45, 2.75) is 26.7 Å². The van der Waals surface area contributed by atoms with E-state index in [4.69, 9.17) is 9.47 Å². The molecule has 0 saturated heterocycles. The Hall–Kier alpha value is -3.62. The molecular formula is C20H20N4O5. The molecule has 9 heteroatoms. The normalized spacial score (nSPS) is 11.8. The minimum Gasteiger partial charge on any atom is -0.434 e. The lowest BCUT2D eigenvalue weighted by Crippen LogP contribution is -2.24. The third kappa shape index (κ3) is 3.46. The number of rotatable bonds is 5. The van der Waals surface area contributed by atoms with Gasteiger partial charge in [0, 0.05) is 18.5 Å². The second-order valence-electron chi connectivity index (χ2n) is 6.63. The number of nitrogens with one attached hydrogen (secondary N) is 2. The van der Waals surface area contributed by atoms with Crippen molar-refractivity contribution < 1.29 is 19.1 Å². The van der Waals surface area contributed by atoms with Crippen molar-refractivity contribution >= 4 is 17.7 Å². The van der Waals surface area contributed by atoms with Crippen molar-refractivity contribution in [1.29, 1.82) is 0 Å². The van der Waals surface area contributed by atoms with Gasteiger partial charge < -0.3 is 19.8 Å². The summed E-state index contributed by atoms with van der Waals surface area (Å²) >= 11 is 0. The van der Waals surface area contributed by atoms with E-state index in [0.29, 0.717) is 25.1 Å². The second kappa shape index (κ2) is 7.42. The maximum Gasteiger partial charge on any atom is 0.515 e. The highest BCUT2D eigenvalue weighted by Crippen LogP contribution is 2.35. The maximum absolute atomic E-state index is 12.5. The van der Waals surface area contributed by atoms with Gasteiger partial charge in [0.15, 0.2) is 0 Å². The van der Waals surface area contributed by atoms with Crippen molar-refractivity contribution in [3.05, 3.63) is 51.6 Å². The number of hydrogen-bond donors (Lipinski definition) is 2. The van der Waals surface area contributed by atoms with Crippen LogP contribution in [0.15, 0.2) is 29.2 Å². The molecule has 0 saturated carbocycles. The first-order valence-corrected chi connectivity index (χ1v) is 9.37. The predicted octanol–water partition coefficient (Wildman–Crippen LogP) is 1.81. The summed E-state index contributed by atoms with van der Waals surface area (Å²) in [6.45, 7) is 4.31. The average molecular weight is 396 g/mol. The standard InChI is InChI=1S/C20H20N4O5/c1-3-21-15(25)8-11-5-6-13-12(7-11)9-14-17(13)23-19(26)18-22-16(10-24(14)18)29-20(27)28-4-2/h5-7,10H,3-4,8-9H2,1-2H3,(H,21,25)(H,23,26). The first-order chi connectivity index (χ1) is 14.0. The van der Waals surface area contributed by atoms with E-state index >= 15 is 0 Å². The first kappa shape index (κ1) is 18.7. The molecule has 150 valence electrons. The molecule has 1 aliphatic rings. The Kier molecular flexibility index (Phi) is 4.79. The minimum atomic E-state index is -0.873. The molecule has 0 bridgehead atoms.